The number of aliphatic imine (C=N–C) groups is 2. The van der Waals surface area contributed by atoms with E-state index >= 15 is 0 Å². The van der Waals surface area contributed by atoms with Gasteiger partial charge in [0.2, 0.25) is 0 Å². The molecule has 2 N–H and O–H groups in total. The number of phenolic OH excluding ortho intramolecular Hbond substituents is 2. The van der Waals surface area contributed by atoms with E-state index in [1.165, 1.54) is 0 Å². The van der Waals surface area contributed by atoms with Crippen molar-refractivity contribution in [1.82, 2.24) is 0 Å². The molecule has 1 radical (unpaired) electrons. The molecule has 0 aliphatic rings. The van der Waals surface area contributed by atoms with Crippen LogP contribution in [0.4, 0.5) is 0 Å². The summed E-state index contributed by atoms with van der Waals surface area (Å²) >= 11 is 0. The Labute approximate surface area is 160 Å². The molecular weight excluding hydrogens is 364 g/mol. The molecule has 2 aromatic carbocycles. The molecule has 0 spiro atoms. The van der Waals surface area contributed by atoms with Crippen LogP contribution in [0.3, 0.4) is 0 Å². The Hall–Kier alpha value is -2.10. The Bertz CT molecular complexity index is 623. The standard InChI is InChI=1S/2C10H13NO.Cu/c2*1-8(2)11-7-9-5-3-4-6-10(9)12;/h2*3-8,12H,1-2H3;. The van der Waals surface area contributed by atoms with Crippen LogP contribution in [0.25, 0.3) is 0 Å². The van der Waals surface area contributed by atoms with E-state index in [1.807, 2.05) is 52.0 Å². The molecule has 25 heavy (non-hydrogen) atoms. The molecule has 0 saturated heterocycles. The van der Waals surface area contributed by atoms with Crippen LogP contribution in [0, 0.1) is 0 Å². The number of hydrogen-bond acceptors (Lipinski definition) is 4. The van der Waals surface area contributed by atoms with Crippen molar-refractivity contribution < 1.29 is 27.3 Å². The van der Waals surface area contributed by atoms with Crippen molar-refractivity contribution in [3.63, 3.8) is 0 Å². The average molecular weight is 390 g/mol. The first-order valence-electron chi connectivity index (χ1n) is 8.02. The monoisotopic (exact) mass is 389 g/mol. The predicted octanol–water partition coefficient (Wildman–Crippen LogP) is 4.44. The quantitative estimate of drug-likeness (QED) is 0.599. The minimum absolute atomic E-state index is 0. The van der Waals surface area contributed by atoms with Gasteiger partial charge in [-0.1, -0.05) is 24.3 Å². The summed E-state index contributed by atoms with van der Waals surface area (Å²) < 4.78 is 0. The fourth-order valence-electron chi connectivity index (χ4n) is 1.65. The number of hydrogen-bond donors (Lipinski definition) is 2. The van der Waals surface area contributed by atoms with Crippen molar-refractivity contribution in [2.45, 2.75) is 39.8 Å². The smallest absolute Gasteiger partial charge is 0.124 e. The van der Waals surface area contributed by atoms with Gasteiger partial charge < -0.3 is 10.2 Å². The SMILES string of the molecule is CC(C)N=Cc1ccccc1O.CC(C)N=Cc1ccccc1O.[Cu]. The van der Waals surface area contributed by atoms with Crippen LogP contribution in [-0.4, -0.2) is 34.7 Å². The van der Waals surface area contributed by atoms with Crippen molar-refractivity contribution in [2.75, 3.05) is 0 Å². The molecule has 0 amide bonds. The van der Waals surface area contributed by atoms with Crippen LogP contribution < -0.4 is 0 Å². The second-order valence-corrected chi connectivity index (χ2v) is 5.86. The van der Waals surface area contributed by atoms with E-state index in [9.17, 15) is 10.2 Å². The van der Waals surface area contributed by atoms with E-state index in [-0.39, 0.29) is 40.7 Å². The van der Waals surface area contributed by atoms with Crippen molar-refractivity contribution in [3.8, 4) is 11.5 Å². The molecule has 0 saturated carbocycles. The second kappa shape index (κ2) is 12.3. The van der Waals surface area contributed by atoms with E-state index in [4.69, 9.17) is 0 Å². The molecule has 0 aromatic heterocycles. The molecule has 0 bridgehead atoms. The fourth-order valence-corrected chi connectivity index (χ4v) is 1.65. The topological polar surface area (TPSA) is 65.2 Å². The maximum Gasteiger partial charge on any atom is 0.124 e. The molecule has 0 unspecified atom stereocenters. The number of para-hydroxylation sites is 2. The minimum Gasteiger partial charge on any atom is -0.507 e. The van der Waals surface area contributed by atoms with Gasteiger partial charge in [-0.2, -0.15) is 0 Å². The summed E-state index contributed by atoms with van der Waals surface area (Å²) in [5.74, 6) is 0.559. The first kappa shape index (κ1) is 22.9. The van der Waals surface area contributed by atoms with Gasteiger partial charge in [-0.05, 0) is 52.0 Å². The van der Waals surface area contributed by atoms with Gasteiger partial charge in [-0.25, -0.2) is 0 Å². The molecule has 5 heteroatoms. The van der Waals surface area contributed by atoms with Crippen molar-refractivity contribution in [1.29, 1.82) is 0 Å². The normalized spacial score (nSPS) is 10.8. The molecular formula is C20H26CuN2O2. The van der Waals surface area contributed by atoms with E-state index in [2.05, 4.69) is 9.98 Å². The van der Waals surface area contributed by atoms with Crippen LogP contribution in [-0.2, 0) is 17.1 Å². The van der Waals surface area contributed by atoms with Crippen LogP contribution in [0.1, 0.15) is 38.8 Å². The van der Waals surface area contributed by atoms with E-state index in [0.29, 0.717) is 0 Å². The molecule has 2 rings (SSSR count). The minimum atomic E-state index is 0. The van der Waals surface area contributed by atoms with E-state index in [0.717, 1.165) is 11.1 Å². The molecule has 4 nitrogen and oxygen atoms in total. The van der Waals surface area contributed by atoms with Gasteiger partial charge in [0.05, 0.1) is 0 Å². The number of benzene rings is 2. The third-order valence-corrected chi connectivity index (χ3v) is 2.90. The summed E-state index contributed by atoms with van der Waals surface area (Å²) in [6.07, 6.45) is 3.39. The van der Waals surface area contributed by atoms with Gasteiger partial charge >= 0.3 is 0 Å². The molecule has 0 fully saturated rings. The second-order valence-electron chi connectivity index (χ2n) is 5.86. The largest absolute Gasteiger partial charge is 0.507 e. The van der Waals surface area contributed by atoms with Crippen LogP contribution in [0.2, 0.25) is 0 Å². The Balaban J connectivity index is 0.000000443. The number of phenols is 2. The maximum absolute atomic E-state index is 9.33. The van der Waals surface area contributed by atoms with Crippen LogP contribution >= 0.6 is 0 Å². The number of aromatic hydroxyl groups is 2. The number of nitrogens with zero attached hydrogens (tertiary/aromatic N) is 2. The summed E-state index contributed by atoms with van der Waals surface area (Å²) in [6, 6.07) is 14.9. The van der Waals surface area contributed by atoms with Crippen molar-refractivity contribution in [3.05, 3.63) is 59.7 Å². The Morgan fingerprint density at radius 1 is 0.680 bits per heavy atom. The zero-order valence-electron chi connectivity index (χ0n) is 15.0. The third-order valence-electron chi connectivity index (χ3n) is 2.90. The summed E-state index contributed by atoms with van der Waals surface area (Å²) in [5.41, 5.74) is 1.54. The van der Waals surface area contributed by atoms with Crippen LogP contribution in [0.5, 0.6) is 11.5 Å². The number of rotatable bonds is 4. The summed E-state index contributed by atoms with van der Waals surface area (Å²) in [4.78, 5) is 8.34. The van der Waals surface area contributed by atoms with Gasteiger partial charge in [-0.15, -0.1) is 0 Å². The predicted molar refractivity (Wildman–Crippen MR) is 102 cm³/mol. The van der Waals surface area contributed by atoms with E-state index < -0.39 is 0 Å². The fraction of sp³-hybridized carbons (Fsp3) is 0.300. The first-order valence-corrected chi connectivity index (χ1v) is 8.02. The third kappa shape index (κ3) is 9.70. The Morgan fingerprint density at radius 3 is 1.28 bits per heavy atom. The molecule has 0 atom stereocenters. The van der Waals surface area contributed by atoms with E-state index in [1.54, 1.807) is 36.7 Å². The Kier molecular flexibility index (Phi) is 11.3. The van der Waals surface area contributed by atoms with Gasteiger partial charge in [0.1, 0.15) is 11.5 Å². The molecule has 0 aliphatic heterocycles. The van der Waals surface area contributed by atoms with Gasteiger partial charge in [0.15, 0.2) is 0 Å². The zero-order valence-corrected chi connectivity index (χ0v) is 16.0. The zero-order chi connectivity index (χ0) is 17.9. The van der Waals surface area contributed by atoms with Gasteiger partial charge in [-0.3, -0.25) is 9.98 Å². The summed E-state index contributed by atoms with van der Waals surface area (Å²) in [6.45, 7) is 7.99. The molecule has 0 aliphatic carbocycles. The Morgan fingerprint density at radius 2 is 1.00 bits per heavy atom. The average Bonchev–Trinajstić information content (AvgIpc) is 2.54. The first-order chi connectivity index (χ1) is 11.4. The van der Waals surface area contributed by atoms with Crippen LogP contribution in [0.15, 0.2) is 58.5 Å². The van der Waals surface area contributed by atoms with Crippen molar-refractivity contribution in [2.24, 2.45) is 9.98 Å². The van der Waals surface area contributed by atoms with Crippen molar-refractivity contribution >= 4 is 12.4 Å². The molecule has 0 heterocycles. The summed E-state index contributed by atoms with van der Waals surface area (Å²) in [7, 11) is 0. The molecule has 2 aromatic rings. The van der Waals surface area contributed by atoms with Gasteiger partial charge in [0, 0.05) is 52.7 Å². The maximum atomic E-state index is 9.33. The molecule has 139 valence electrons. The van der Waals surface area contributed by atoms with Gasteiger partial charge in [0.25, 0.3) is 0 Å². The summed E-state index contributed by atoms with van der Waals surface area (Å²) in [5, 5.41) is 18.7.